The van der Waals surface area contributed by atoms with Crippen LogP contribution >= 0.6 is 0 Å². The predicted octanol–water partition coefficient (Wildman–Crippen LogP) is 2.16. The SMILES string of the molecule is N#Cc1ccc(OCCN2CCC(NC(=O)c3ccc[nH]3)CC2)cc1. The number of piperidine rings is 1. The third-order valence-electron chi connectivity index (χ3n) is 4.43. The number of rotatable bonds is 6. The fraction of sp³-hybridized carbons (Fsp3) is 0.368. The molecular formula is C19H22N4O2. The zero-order chi connectivity index (χ0) is 17.5. The van der Waals surface area contributed by atoms with Gasteiger partial charge < -0.3 is 15.0 Å². The predicted molar refractivity (Wildman–Crippen MR) is 94.4 cm³/mol. The number of carbonyl (C=O) groups excluding carboxylic acids is 1. The Morgan fingerprint density at radius 1 is 1.28 bits per heavy atom. The molecule has 1 aromatic heterocycles. The number of aromatic amines is 1. The van der Waals surface area contributed by atoms with Crippen LogP contribution < -0.4 is 10.1 Å². The maximum Gasteiger partial charge on any atom is 0.267 e. The van der Waals surface area contributed by atoms with Crippen molar-refractivity contribution in [3.63, 3.8) is 0 Å². The second-order valence-electron chi connectivity index (χ2n) is 6.16. The molecule has 6 nitrogen and oxygen atoms in total. The summed E-state index contributed by atoms with van der Waals surface area (Å²) in [5.74, 6) is 0.750. The van der Waals surface area contributed by atoms with Gasteiger partial charge in [-0.15, -0.1) is 0 Å². The molecule has 3 rings (SSSR count). The highest BCUT2D eigenvalue weighted by Crippen LogP contribution is 2.13. The van der Waals surface area contributed by atoms with Crippen molar-refractivity contribution >= 4 is 5.91 Å². The molecular weight excluding hydrogens is 316 g/mol. The summed E-state index contributed by atoms with van der Waals surface area (Å²) >= 11 is 0. The Morgan fingerprint density at radius 3 is 2.68 bits per heavy atom. The van der Waals surface area contributed by atoms with E-state index in [4.69, 9.17) is 10.00 Å². The van der Waals surface area contributed by atoms with Crippen LogP contribution in [0.3, 0.4) is 0 Å². The molecule has 0 unspecified atom stereocenters. The normalized spacial score (nSPS) is 15.5. The molecule has 130 valence electrons. The minimum absolute atomic E-state index is 0.0346. The first kappa shape index (κ1) is 17.1. The number of nitriles is 1. The lowest BCUT2D eigenvalue weighted by molar-refractivity contribution is 0.0901. The molecule has 2 N–H and O–H groups in total. The topological polar surface area (TPSA) is 81.2 Å². The van der Waals surface area contributed by atoms with Crippen molar-refractivity contribution in [1.29, 1.82) is 5.26 Å². The lowest BCUT2D eigenvalue weighted by Crippen LogP contribution is -2.45. The van der Waals surface area contributed by atoms with Crippen molar-refractivity contribution in [2.24, 2.45) is 0 Å². The van der Waals surface area contributed by atoms with Gasteiger partial charge in [-0.05, 0) is 49.2 Å². The first-order valence-corrected chi connectivity index (χ1v) is 8.54. The van der Waals surface area contributed by atoms with E-state index in [2.05, 4.69) is 21.3 Å². The smallest absolute Gasteiger partial charge is 0.267 e. The standard InChI is InChI=1S/C19H22N4O2/c20-14-15-3-5-17(6-4-15)25-13-12-23-10-7-16(8-11-23)22-19(24)18-2-1-9-21-18/h1-6,9,16,21H,7-8,10-13H2,(H,22,24). The van der Waals surface area contributed by atoms with E-state index in [1.807, 2.05) is 18.2 Å². The molecule has 0 radical (unpaired) electrons. The Hall–Kier alpha value is -2.78. The highest BCUT2D eigenvalue weighted by atomic mass is 16.5. The summed E-state index contributed by atoms with van der Waals surface area (Å²) in [6.45, 7) is 3.38. The number of carbonyl (C=O) groups is 1. The van der Waals surface area contributed by atoms with Gasteiger partial charge >= 0.3 is 0 Å². The Morgan fingerprint density at radius 2 is 2.04 bits per heavy atom. The molecule has 1 aromatic carbocycles. The van der Waals surface area contributed by atoms with Gasteiger partial charge in [0.05, 0.1) is 11.6 Å². The summed E-state index contributed by atoms with van der Waals surface area (Å²) in [6.07, 6.45) is 3.65. The molecule has 1 fully saturated rings. The second-order valence-corrected chi connectivity index (χ2v) is 6.16. The van der Waals surface area contributed by atoms with Gasteiger partial charge in [-0.3, -0.25) is 9.69 Å². The van der Waals surface area contributed by atoms with E-state index in [0.717, 1.165) is 38.2 Å². The third-order valence-corrected chi connectivity index (χ3v) is 4.43. The minimum atomic E-state index is -0.0346. The van der Waals surface area contributed by atoms with Crippen molar-refractivity contribution in [1.82, 2.24) is 15.2 Å². The van der Waals surface area contributed by atoms with Gasteiger partial charge in [-0.1, -0.05) is 0 Å². The lowest BCUT2D eigenvalue weighted by Gasteiger charge is -2.32. The van der Waals surface area contributed by atoms with Gasteiger partial charge in [0.1, 0.15) is 18.1 Å². The van der Waals surface area contributed by atoms with Gasteiger partial charge in [0.25, 0.3) is 5.91 Å². The molecule has 0 bridgehead atoms. The summed E-state index contributed by atoms with van der Waals surface area (Å²) in [5.41, 5.74) is 1.24. The average Bonchev–Trinajstić information content (AvgIpc) is 3.19. The van der Waals surface area contributed by atoms with Crippen molar-refractivity contribution < 1.29 is 9.53 Å². The van der Waals surface area contributed by atoms with Crippen LogP contribution in [0.25, 0.3) is 0 Å². The van der Waals surface area contributed by atoms with Crippen molar-refractivity contribution in [3.05, 3.63) is 53.9 Å². The van der Waals surface area contributed by atoms with Crippen LogP contribution in [0.5, 0.6) is 5.75 Å². The summed E-state index contributed by atoms with van der Waals surface area (Å²) in [4.78, 5) is 17.3. The van der Waals surface area contributed by atoms with E-state index in [9.17, 15) is 4.79 Å². The van der Waals surface area contributed by atoms with E-state index in [1.54, 1.807) is 24.4 Å². The van der Waals surface area contributed by atoms with Gasteiger partial charge in [-0.25, -0.2) is 0 Å². The molecule has 0 aliphatic carbocycles. The summed E-state index contributed by atoms with van der Waals surface area (Å²) in [6, 6.07) is 13.1. The monoisotopic (exact) mass is 338 g/mol. The number of benzene rings is 1. The van der Waals surface area contributed by atoms with Gasteiger partial charge in [-0.2, -0.15) is 5.26 Å². The summed E-state index contributed by atoms with van der Waals surface area (Å²) in [7, 11) is 0. The van der Waals surface area contributed by atoms with Gasteiger partial charge in [0, 0.05) is 31.9 Å². The van der Waals surface area contributed by atoms with Crippen LogP contribution in [-0.2, 0) is 0 Å². The maximum absolute atomic E-state index is 12.0. The second kappa shape index (κ2) is 8.36. The van der Waals surface area contributed by atoms with Crippen LogP contribution in [0.2, 0.25) is 0 Å². The van der Waals surface area contributed by atoms with Crippen LogP contribution in [-0.4, -0.2) is 48.1 Å². The van der Waals surface area contributed by atoms with Crippen molar-refractivity contribution in [2.45, 2.75) is 18.9 Å². The highest BCUT2D eigenvalue weighted by Gasteiger charge is 2.21. The Balaban J connectivity index is 1.35. The number of aromatic nitrogens is 1. The number of likely N-dealkylation sites (tertiary alicyclic amines) is 1. The molecule has 1 amide bonds. The Kier molecular flexibility index (Phi) is 5.70. The van der Waals surface area contributed by atoms with Crippen LogP contribution in [0.1, 0.15) is 28.9 Å². The number of ether oxygens (including phenoxy) is 1. The van der Waals surface area contributed by atoms with E-state index in [-0.39, 0.29) is 11.9 Å². The Bertz CT molecular complexity index is 711. The number of H-pyrrole nitrogens is 1. The zero-order valence-electron chi connectivity index (χ0n) is 14.1. The lowest BCUT2D eigenvalue weighted by atomic mass is 10.0. The first-order chi connectivity index (χ1) is 12.2. The highest BCUT2D eigenvalue weighted by molar-refractivity contribution is 5.92. The summed E-state index contributed by atoms with van der Waals surface area (Å²) < 4.78 is 5.72. The molecule has 1 aliphatic heterocycles. The summed E-state index contributed by atoms with van der Waals surface area (Å²) in [5, 5.41) is 11.9. The van der Waals surface area contributed by atoms with Crippen LogP contribution in [0.4, 0.5) is 0 Å². The number of amides is 1. The molecule has 0 atom stereocenters. The van der Waals surface area contributed by atoms with Crippen molar-refractivity contribution in [3.8, 4) is 11.8 Å². The average molecular weight is 338 g/mol. The van der Waals surface area contributed by atoms with Crippen LogP contribution in [0.15, 0.2) is 42.6 Å². The van der Waals surface area contributed by atoms with Gasteiger partial charge in [0.15, 0.2) is 0 Å². The Labute approximate surface area is 147 Å². The molecule has 25 heavy (non-hydrogen) atoms. The third kappa shape index (κ3) is 4.85. The van der Waals surface area contributed by atoms with E-state index in [0.29, 0.717) is 17.9 Å². The maximum atomic E-state index is 12.0. The molecule has 0 saturated carbocycles. The first-order valence-electron chi connectivity index (χ1n) is 8.54. The number of hydrogen-bond donors (Lipinski definition) is 2. The number of hydrogen-bond acceptors (Lipinski definition) is 4. The zero-order valence-corrected chi connectivity index (χ0v) is 14.1. The van der Waals surface area contributed by atoms with E-state index in [1.165, 1.54) is 0 Å². The van der Waals surface area contributed by atoms with E-state index < -0.39 is 0 Å². The molecule has 2 heterocycles. The fourth-order valence-electron chi connectivity index (χ4n) is 2.95. The number of nitrogens with one attached hydrogen (secondary N) is 2. The largest absolute Gasteiger partial charge is 0.492 e. The molecule has 2 aromatic rings. The molecule has 6 heteroatoms. The fourth-order valence-corrected chi connectivity index (χ4v) is 2.95. The quantitative estimate of drug-likeness (QED) is 0.846. The van der Waals surface area contributed by atoms with Crippen molar-refractivity contribution in [2.75, 3.05) is 26.2 Å². The minimum Gasteiger partial charge on any atom is -0.492 e. The molecule has 1 saturated heterocycles. The van der Waals surface area contributed by atoms with Crippen LogP contribution in [0, 0.1) is 11.3 Å². The number of nitrogens with zero attached hydrogens (tertiary/aromatic N) is 2. The molecule has 0 spiro atoms. The van der Waals surface area contributed by atoms with E-state index >= 15 is 0 Å². The molecule has 1 aliphatic rings. The van der Waals surface area contributed by atoms with Gasteiger partial charge in [0.2, 0.25) is 0 Å².